The lowest BCUT2D eigenvalue weighted by Crippen LogP contribution is -2.29. The normalized spacial score (nSPS) is 13.6. The zero-order valence-electron chi connectivity index (χ0n) is 17.7. The van der Waals surface area contributed by atoms with Crippen LogP contribution in [0.4, 0.5) is 5.69 Å². The van der Waals surface area contributed by atoms with Crippen molar-refractivity contribution in [2.45, 2.75) is 19.7 Å². The maximum absolute atomic E-state index is 13.3. The van der Waals surface area contributed by atoms with Crippen molar-refractivity contribution >= 4 is 21.8 Å². The smallest absolute Gasteiger partial charge is 0.270 e. The van der Waals surface area contributed by atoms with Gasteiger partial charge in [0.2, 0.25) is 10.0 Å². The first-order chi connectivity index (χ1) is 15.9. The van der Waals surface area contributed by atoms with Crippen molar-refractivity contribution in [3.63, 3.8) is 0 Å². The second-order valence-corrected chi connectivity index (χ2v) is 9.29. The molecule has 0 spiro atoms. The summed E-state index contributed by atoms with van der Waals surface area (Å²) >= 11 is 0. The molecule has 0 amide bonds. The molecule has 1 aliphatic heterocycles. The molecule has 0 aliphatic carbocycles. The molecule has 3 aromatic carbocycles. The summed E-state index contributed by atoms with van der Waals surface area (Å²) in [6.45, 7) is 0.150. The van der Waals surface area contributed by atoms with E-state index in [1.165, 1.54) is 22.5 Å². The number of non-ortho nitro benzene ring substituents is 1. The van der Waals surface area contributed by atoms with Crippen molar-refractivity contribution in [2.24, 2.45) is 0 Å². The van der Waals surface area contributed by atoms with Crippen molar-refractivity contribution < 1.29 is 22.8 Å². The van der Waals surface area contributed by atoms with Crippen LogP contribution in [-0.4, -0.2) is 24.4 Å². The molecule has 8 nitrogen and oxygen atoms in total. The van der Waals surface area contributed by atoms with E-state index < -0.39 is 14.9 Å². The number of fused-ring (bicyclic) bond motifs is 1. The lowest BCUT2D eigenvalue weighted by Gasteiger charge is -2.25. The fourth-order valence-electron chi connectivity index (χ4n) is 3.53. The Labute approximate surface area is 191 Å². The summed E-state index contributed by atoms with van der Waals surface area (Å²) in [4.78, 5) is 10.9. The molecule has 4 rings (SSSR count). The van der Waals surface area contributed by atoms with Gasteiger partial charge in [-0.2, -0.15) is 4.31 Å². The summed E-state index contributed by atoms with van der Waals surface area (Å²) in [5, 5.41) is 12.6. The molecule has 0 aromatic heterocycles. The van der Waals surface area contributed by atoms with Gasteiger partial charge in [0.1, 0.15) is 5.75 Å². The van der Waals surface area contributed by atoms with E-state index in [0.29, 0.717) is 16.9 Å². The topological polar surface area (TPSA) is 99.0 Å². The van der Waals surface area contributed by atoms with Crippen LogP contribution < -0.4 is 4.74 Å². The highest BCUT2D eigenvalue weighted by atomic mass is 32.2. The lowest BCUT2D eigenvalue weighted by molar-refractivity contribution is -0.385. The highest BCUT2D eigenvalue weighted by Gasteiger charge is 2.26. The van der Waals surface area contributed by atoms with E-state index in [9.17, 15) is 18.5 Å². The molecule has 0 saturated heterocycles. The van der Waals surface area contributed by atoms with Crippen LogP contribution in [0.25, 0.3) is 6.08 Å². The molecule has 0 saturated carbocycles. The number of rotatable bonds is 8. The molecule has 170 valence electrons. The van der Waals surface area contributed by atoms with Gasteiger partial charge in [-0.1, -0.05) is 60.7 Å². The second kappa shape index (κ2) is 9.95. The number of hydrogen-bond acceptors (Lipinski definition) is 6. The van der Waals surface area contributed by atoms with Crippen LogP contribution in [0.1, 0.15) is 22.3 Å². The Kier molecular flexibility index (Phi) is 6.83. The Balaban J connectivity index is 1.72. The molecule has 3 aromatic rings. The van der Waals surface area contributed by atoms with E-state index in [0.717, 1.165) is 16.5 Å². The van der Waals surface area contributed by atoms with E-state index in [1.807, 2.05) is 48.5 Å². The predicted octanol–water partition coefficient (Wildman–Crippen LogP) is 4.46. The summed E-state index contributed by atoms with van der Waals surface area (Å²) < 4.78 is 38.8. The number of nitro benzene ring substituents is 1. The van der Waals surface area contributed by atoms with Crippen molar-refractivity contribution in [3.8, 4) is 5.75 Å². The Morgan fingerprint density at radius 3 is 2.39 bits per heavy atom. The SMILES string of the molecule is O=[N+]([O-])c1cc2c(c(CN(Cc3ccccc3)S(=O)(=O)/C=C/c3ccccc3)c1)OCOC2. The highest BCUT2D eigenvalue weighted by Crippen LogP contribution is 2.34. The third-order valence-corrected chi connectivity index (χ3v) is 6.58. The highest BCUT2D eigenvalue weighted by molar-refractivity contribution is 7.92. The van der Waals surface area contributed by atoms with E-state index in [4.69, 9.17) is 9.47 Å². The third-order valence-electron chi connectivity index (χ3n) is 5.12. The average Bonchev–Trinajstić information content (AvgIpc) is 2.83. The first kappa shape index (κ1) is 22.7. The summed E-state index contributed by atoms with van der Waals surface area (Å²) in [5.41, 5.74) is 2.32. The van der Waals surface area contributed by atoms with Gasteiger partial charge in [-0.25, -0.2) is 8.42 Å². The van der Waals surface area contributed by atoms with Gasteiger partial charge in [-0.15, -0.1) is 0 Å². The average molecular weight is 467 g/mol. The van der Waals surface area contributed by atoms with Gasteiger partial charge in [0.25, 0.3) is 5.69 Å². The summed E-state index contributed by atoms with van der Waals surface area (Å²) in [6, 6.07) is 21.0. The van der Waals surface area contributed by atoms with Crippen molar-refractivity contribution in [1.29, 1.82) is 0 Å². The molecule has 1 aliphatic rings. The predicted molar refractivity (Wildman–Crippen MR) is 123 cm³/mol. The van der Waals surface area contributed by atoms with Crippen LogP contribution in [0.3, 0.4) is 0 Å². The van der Waals surface area contributed by atoms with E-state index >= 15 is 0 Å². The number of nitrogens with zero attached hydrogens (tertiary/aromatic N) is 2. The summed E-state index contributed by atoms with van der Waals surface area (Å²) in [5.74, 6) is 0.423. The maximum atomic E-state index is 13.3. The molecule has 0 fully saturated rings. The van der Waals surface area contributed by atoms with Crippen molar-refractivity contribution in [3.05, 3.63) is 111 Å². The number of hydrogen-bond donors (Lipinski definition) is 0. The first-order valence-corrected chi connectivity index (χ1v) is 11.7. The number of ether oxygens (including phenoxy) is 2. The van der Waals surface area contributed by atoms with Crippen LogP contribution in [0.5, 0.6) is 5.75 Å². The van der Waals surface area contributed by atoms with Gasteiger partial charge in [-0.3, -0.25) is 10.1 Å². The Morgan fingerprint density at radius 1 is 1.00 bits per heavy atom. The minimum Gasteiger partial charge on any atom is -0.467 e. The molecule has 33 heavy (non-hydrogen) atoms. The molecule has 0 unspecified atom stereocenters. The quantitative estimate of drug-likeness (QED) is 0.359. The molecule has 0 N–H and O–H groups in total. The zero-order valence-corrected chi connectivity index (χ0v) is 18.5. The summed E-state index contributed by atoms with van der Waals surface area (Å²) in [6.07, 6.45) is 1.53. The Hall–Kier alpha value is -3.53. The number of sulfonamides is 1. The van der Waals surface area contributed by atoms with Gasteiger partial charge in [0, 0.05) is 41.8 Å². The standard InChI is InChI=1S/C24H22N2O6S/c27-26(28)23-13-21(24-22(14-23)17-31-18-32-24)16-25(15-20-9-5-2-6-10-20)33(29,30)12-11-19-7-3-1-4-8-19/h1-14H,15-18H2/b12-11+. The molecule has 0 bridgehead atoms. The van der Waals surface area contributed by atoms with Crippen LogP contribution >= 0.6 is 0 Å². The number of nitro groups is 1. The minimum atomic E-state index is -3.88. The molecular formula is C24H22N2O6S. The molecule has 1 heterocycles. The Morgan fingerprint density at radius 2 is 1.70 bits per heavy atom. The van der Waals surface area contributed by atoms with Crippen LogP contribution in [0.15, 0.2) is 78.2 Å². The summed E-state index contributed by atoms with van der Waals surface area (Å²) in [7, 11) is -3.88. The fraction of sp³-hybridized carbons (Fsp3) is 0.167. The van der Waals surface area contributed by atoms with Crippen LogP contribution in [0.2, 0.25) is 0 Å². The van der Waals surface area contributed by atoms with Gasteiger partial charge < -0.3 is 9.47 Å². The molecule has 0 radical (unpaired) electrons. The molecular weight excluding hydrogens is 444 g/mol. The maximum Gasteiger partial charge on any atom is 0.270 e. The third kappa shape index (κ3) is 5.64. The van der Waals surface area contributed by atoms with Gasteiger partial charge in [0.05, 0.1) is 11.5 Å². The monoisotopic (exact) mass is 466 g/mol. The second-order valence-electron chi connectivity index (χ2n) is 7.47. The van der Waals surface area contributed by atoms with Crippen LogP contribution in [0, 0.1) is 10.1 Å². The van der Waals surface area contributed by atoms with E-state index in [2.05, 4.69) is 0 Å². The largest absolute Gasteiger partial charge is 0.467 e. The van der Waals surface area contributed by atoms with E-state index in [1.54, 1.807) is 12.1 Å². The Bertz CT molecular complexity index is 1260. The lowest BCUT2D eigenvalue weighted by atomic mass is 10.1. The van der Waals surface area contributed by atoms with Gasteiger partial charge >= 0.3 is 0 Å². The molecule has 0 atom stereocenters. The van der Waals surface area contributed by atoms with Crippen molar-refractivity contribution in [1.82, 2.24) is 4.31 Å². The first-order valence-electron chi connectivity index (χ1n) is 10.2. The molecule has 9 heteroatoms. The number of benzene rings is 3. The van der Waals surface area contributed by atoms with Gasteiger partial charge in [0.15, 0.2) is 6.79 Å². The van der Waals surface area contributed by atoms with Gasteiger partial charge in [-0.05, 0) is 17.2 Å². The fourth-order valence-corrected chi connectivity index (χ4v) is 4.68. The zero-order chi connectivity index (χ0) is 23.3. The van der Waals surface area contributed by atoms with E-state index in [-0.39, 0.29) is 32.2 Å². The van der Waals surface area contributed by atoms with Crippen LogP contribution in [-0.2, 0) is 34.5 Å². The van der Waals surface area contributed by atoms with Crippen molar-refractivity contribution in [2.75, 3.05) is 6.79 Å². The minimum absolute atomic E-state index is 0.00282.